The van der Waals surface area contributed by atoms with E-state index in [0.29, 0.717) is 39.5 Å². The highest BCUT2D eigenvalue weighted by Gasteiger charge is 2.31. The fourth-order valence-electron chi connectivity index (χ4n) is 3.85. The van der Waals surface area contributed by atoms with Crippen LogP contribution in [0.3, 0.4) is 0 Å². The number of aromatic nitrogens is 6. The van der Waals surface area contributed by atoms with Gasteiger partial charge < -0.3 is 5.11 Å². The maximum Gasteiger partial charge on any atom is 0.504 e. The van der Waals surface area contributed by atoms with E-state index in [9.17, 15) is 23.1 Å². The molecule has 0 unspecified atom stereocenters. The number of alkyl halides is 3. The molecular weight excluding hydrogens is 509 g/mol. The first-order valence-corrected chi connectivity index (χ1v) is 11.7. The number of pyridine rings is 2. The molecule has 4 rings (SSSR count). The summed E-state index contributed by atoms with van der Waals surface area (Å²) in [4.78, 5) is 26.3. The van der Waals surface area contributed by atoms with Gasteiger partial charge in [-0.05, 0) is 75.4 Å². The van der Waals surface area contributed by atoms with Crippen LogP contribution in [-0.4, -0.2) is 34.4 Å². The first kappa shape index (κ1) is 26.5. The predicted octanol–water partition coefficient (Wildman–Crippen LogP) is 4.65. The molecule has 0 amide bonds. The molecule has 194 valence electrons. The van der Waals surface area contributed by atoms with Crippen LogP contribution >= 0.6 is 11.6 Å². The number of halogens is 4. The van der Waals surface area contributed by atoms with Gasteiger partial charge >= 0.3 is 6.30 Å². The zero-order valence-electron chi connectivity index (χ0n) is 20.5. The van der Waals surface area contributed by atoms with Crippen molar-refractivity contribution in [3.63, 3.8) is 0 Å². The first-order chi connectivity index (χ1) is 17.3. The largest absolute Gasteiger partial charge is 0.504 e. The lowest BCUT2D eigenvalue weighted by Gasteiger charge is -2.17. The molecule has 0 spiro atoms. The van der Waals surface area contributed by atoms with E-state index < -0.39 is 17.5 Å². The fourth-order valence-corrected chi connectivity index (χ4v) is 4.09. The minimum absolute atomic E-state index is 0.0158. The van der Waals surface area contributed by atoms with Gasteiger partial charge in [0.05, 0.1) is 23.3 Å². The summed E-state index contributed by atoms with van der Waals surface area (Å²) >= 11 is 6.45. The molecule has 0 bridgehead atoms. The van der Waals surface area contributed by atoms with Crippen LogP contribution in [0, 0.1) is 13.8 Å². The van der Waals surface area contributed by atoms with Crippen molar-refractivity contribution in [1.29, 1.82) is 0 Å². The third-order valence-corrected chi connectivity index (χ3v) is 6.17. The highest BCUT2D eigenvalue weighted by atomic mass is 35.5. The van der Waals surface area contributed by atoms with Crippen LogP contribution in [0.15, 0.2) is 47.8 Å². The molecule has 0 atom stereocenters. The van der Waals surface area contributed by atoms with Gasteiger partial charge in [-0.25, -0.2) is 9.97 Å². The SMILES string of the molecule is Cc1cnc(-c2ccnc(C(C)(C)O)n2)cc1-n1c(C)cc(CCc2cnn(C(F)(F)F)c2)c(Cl)c1=O. The molecule has 4 heterocycles. The van der Waals surface area contributed by atoms with Gasteiger partial charge in [-0.2, -0.15) is 9.78 Å². The van der Waals surface area contributed by atoms with Crippen molar-refractivity contribution in [2.24, 2.45) is 0 Å². The Morgan fingerprint density at radius 3 is 2.43 bits per heavy atom. The number of aliphatic hydroxyl groups is 1. The standard InChI is InChI=1S/C25H24ClF3N6O2/c1-14-11-31-19(18-7-8-30-23(33-18)24(3,4)37)10-20(14)35-15(2)9-17(21(26)22(35)36)6-5-16-12-32-34(13-16)25(27,28)29/h7-13,37H,5-6H2,1-4H3. The highest BCUT2D eigenvalue weighted by molar-refractivity contribution is 6.31. The summed E-state index contributed by atoms with van der Waals surface area (Å²) in [6.45, 7) is 6.71. The second-order valence-corrected chi connectivity index (χ2v) is 9.58. The van der Waals surface area contributed by atoms with Crippen LogP contribution in [0.2, 0.25) is 5.02 Å². The van der Waals surface area contributed by atoms with Crippen LogP contribution in [0.4, 0.5) is 13.2 Å². The van der Waals surface area contributed by atoms with E-state index in [0.717, 1.165) is 12.4 Å². The second-order valence-electron chi connectivity index (χ2n) is 9.21. The molecule has 0 aliphatic carbocycles. The minimum Gasteiger partial charge on any atom is -0.382 e. The van der Waals surface area contributed by atoms with Crippen LogP contribution in [0.1, 0.15) is 42.1 Å². The maximum absolute atomic E-state index is 13.3. The van der Waals surface area contributed by atoms with Crippen molar-refractivity contribution in [1.82, 2.24) is 29.3 Å². The lowest BCUT2D eigenvalue weighted by atomic mass is 10.1. The first-order valence-electron chi connectivity index (χ1n) is 11.3. The Hall–Kier alpha value is -3.57. The number of aryl methyl sites for hydroxylation is 4. The molecule has 0 saturated heterocycles. The summed E-state index contributed by atoms with van der Waals surface area (Å²) in [6, 6.07) is 5.11. The normalized spacial score (nSPS) is 12.2. The highest BCUT2D eigenvalue weighted by Crippen LogP contribution is 2.26. The van der Waals surface area contributed by atoms with E-state index in [1.807, 2.05) is 0 Å². The van der Waals surface area contributed by atoms with Crippen molar-refractivity contribution >= 4 is 11.6 Å². The van der Waals surface area contributed by atoms with Crippen molar-refractivity contribution in [3.8, 4) is 17.1 Å². The predicted molar refractivity (Wildman–Crippen MR) is 132 cm³/mol. The fraction of sp³-hybridized carbons (Fsp3) is 0.320. The topological polar surface area (TPSA) is 98.7 Å². The van der Waals surface area contributed by atoms with Crippen LogP contribution in [0.5, 0.6) is 0 Å². The Bertz CT molecular complexity index is 1520. The summed E-state index contributed by atoms with van der Waals surface area (Å²) in [5.41, 5.74) is 2.01. The Kier molecular flexibility index (Phi) is 6.95. The Balaban J connectivity index is 1.68. The van der Waals surface area contributed by atoms with Gasteiger partial charge in [0.2, 0.25) is 0 Å². The van der Waals surface area contributed by atoms with E-state index in [2.05, 4.69) is 20.1 Å². The molecule has 1 N–H and O–H groups in total. The number of hydrogen-bond acceptors (Lipinski definition) is 6. The molecule has 12 heteroatoms. The summed E-state index contributed by atoms with van der Waals surface area (Å²) in [7, 11) is 0. The minimum atomic E-state index is -4.59. The van der Waals surface area contributed by atoms with Gasteiger partial charge in [-0.3, -0.25) is 14.3 Å². The molecule has 37 heavy (non-hydrogen) atoms. The van der Waals surface area contributed by atoms with E-state index in [4.69, 9.17) is 11.6 Å². The van der Waals surface area contributed by atoms with Gasteiger partial charge in [0.15, 0.2) is 5.82 Å². The molecular formula is C25H24ClF3N6O2. The van der Waals surface area contributed by atoms with E-state index in [1.165, 1.54) is 10.8 Å². The summed E-state index contributed by atoms with van der Waals surface area (Å²) < 4.78 is 39.8. The molecule has 8 nitrogen and oxygen atoms in total. The van der Waals surface area contributed by atoms with Crippen molar-refractivity contribution in [2.75, 3.05) is 0 Å². The van der Waals surface area contributed by atoms with Gasteiger partial charge in [0.1, 0.15) is 10.6 Å². The van der Waals surface area contributed by atoms with Crippen molar-refractivity contribution < 1.29 is 18.3 Å². The lowest BCUT2D eigenvalue weighted by molar-refractivity contribution is -0.212. The quantitative estimate of drug-likeness (QED) is 0.388. The molecule has 0 aromatic carbocycles. The number of nitrogens with zero attached hydrogens (tertiary/aromatic N) is 6. The third kappa shape index (κ3) is 5.57. The van der Waals surface area contributed by atoms with Crippen molar-refractivity contribution in [2.45, 2.75) is 52.4 Å². The molecule has 0 saturated carbocycles. The number of rotatable bonds is 6. The zero-order chi connectivity index (χ0) is 27.1. The van der Waals surface area contributed by atoms with Crippen molar-refractivity contribution in [3.05, 3.63) is 86.6 Å². The molecule has 0 aliphatic heterocycles. The van der Waals surface area contributed by atoms with Gasteiger partial charge in [0, 0.05) is 24.3 Å². The Morgan fingerprint density at radius 2 is 1.78 bits per heavy atom. The van der Waals surface area contributed by atoms with Crippen LogP contribution < -0.4 is 5.56 Å². The third-order valence-electron chi connectivity index (χ3n) is 5.77. The average molecular weight is 533 g/mol. The maximum atomic E-state index is 13.3. The molecule has 4 aromatic heterocycles. The smallest absolute Gasteiger partial charge is 0.382 e. The summed E-state index contributed by atoms with van der Waals surface area (Å²) in [5, 5.41) is 13.6. The summed E-state index contributed by atoms with van der Waals surface area (Å²) in [5.74, 6) is 0.232. The molecule has 0 fully saturated rings. The van der Waals surface area contributed by atoms with Crippen LogP contribution in [0.25, 0.3) is 17.1 Å². The van der Waals surface area contributed by atoms with Gasteiger partial charge in [-0.15, -0.1) is 13.2 Å². The molecule has 0 radical (unpaired) electrons. The van der Waals surface area contributed by atoms with Gasteiger partial charge in [-0.1, -0.05) is 11.6 Å². The zero-order valence-corrected chi connectivity index (χ0v) is 21.3. The monoisotopic (exact) mass is 532 g/mol. The Morgan fingerprint density at radius 1 is 1.05 bits per heavy atom. The van der Waals surface area contributed by atoms with E-state index in [-0.39, 0.29) is 28.4 Å². The average Bonchev–Trinajstić information content (AvgIpc) is 3.31. The van der Waals surface area contributed by atoms with Crippen LogP contribution in [-0.2, 0) is 24.7 Å². The summed E-state index contributed by atoms with van der Waals surface area (Å²) in [6.07, 6.45) is 1.11. The van der Waals surface area contributed by atoms with E-state index in [1.54, 1.807) is 52.1 Å². The molecule has 4 aromatic rings. The number of hydrogen-bond donors (Lipinski definition) is 1. The van der Waals surface area contributed by atoms with E-state index >= 15 is 0 Å². The van der Waals surface area contributed by atoms with Gasteiger partial charge in [0.25, 0.3) is 5.56 Å². The Labute approximate surface area is 215 Å². The molecule has 0 aliphatic rings. The lowest BCUT2D eigenvalue weighted by Crippen LogP contribution is -2.23. The second kappa shape index (κ2) is 9.71.